The molecular formula is C7H12S7. The Bertz CT molecular complexity index is 165. The van der Waals surface area contributed by atoms with Gasteiger partial charge < -0.3 is 0 Å². The topological polar surface area (TPSA) is 0 Å². The van der Waals surface area contributed by atoms with E-state index in [2.05, 4.69) is 71.4 Å². The van der Waals surface area contributed by atoms with Gasteiger partial charge in [0, 0.05) is 21.7 Å². The van der Waals surface area contributed by atoms with Gasteiger partial charge in [-0.25, -0.2) is 0 Å². The van der Waals surface area contributed by atoms with Crippen molar-refractivity contribution in [2.75, 3.05) is 21.7 Å². The molecule has 0 spiro atoms. The molecule has 82 valence electrons. The predicted molar refractivity (Wildman–Crippen MR) is 85.4 cm³/mol. The molecule has 0 N–H and O–H groups in total. The third-order valence-corrected chi connectivity index (χ3v) is 12.2. The second-order valence-electron chi connectivity index (χ2n) is 2.65. The van der Waals surface area contributed by atoms with E-state index in [9.17, 15) is 0 Å². The fourth-order valence-electron chi connectivity index (χ4n) is 1.08. The van der Waals surface area contributed by atoms with Crippen LogP contribution in [0.2, 0.25) is 0 Å². The Kier molecular flexibility index (Phi) is 6.46. The van der Waals surface area contributed by atoms with Crippen molar-refractivity contribution in [1.82, 2.24) is 0 Å². The van der Waals surface area contributed by atoms with Crippen LogP contribution in [0.5, 0.6) is 0 Å². The van der Waals surface area contributed by atoms with E-state index in [-0.39, 0.29) is 0 Å². The SMILES string of the molecule is SCSC(SC1SCCS1)C1SCS1. The predicted octanol–water partition coefficient (Wildman–Crippen LogP) is 4.19. The second kappa shape index (κ2) is 7.01. The second-order valence-corrected chi connectivity index (χ2v) is 12.3. The number of rotatable bonds is 5. The van der Waals surface area contributed by atoms with E-state index in [4.69, 9.17) is 0 Å². The van der Waals surface area contributed by atoms with E-state index in [1.165, 1.54) is 16.6 Å². The maximum absolute atomic E-state index is 4.33. The Labute approximate surface area is 117 Å². The summed E-state index contributed by atoms with van der Waals surface area (Å²) in [5.74, 6) is 2.68. The first-order valence-electron chi connectivity index (χ1n) is 4.24. The van der Waals surface area contributed by atoms with Gasteiger partial charge in [-0.05, 0) is 0 Å². The molecule has 7 heteroatoms. The summed E-state index contributed by atoms with van der Waals surface area (Å²) >= 11 is 16.9. The average molecular weight is 321 g/mol. The van der Waals surface area contributed by atoms with Crippen LogP contribution < -0.4 is 0 Å². The minimum atomic E-state index is 0.749. The Hall–Kier alpha value is 2.45. The first-order valence-corrected chi connectivity index (χ1v) is 11.1. The first-order chi connectivity index (χ1) is 6.90. The molecule has 0 radical (unpaired) electrons. The van der Waals surface area contributed by atoms with Crippen molar-refractivity contribution in [3.05, 3.63) is 0 Å². The van der Waals surface area contributed by atoms with Gasteiger partial charge in [0.15, 0.2) is 0 Å². The minimum Gasteiger partial charge on any atom is -0.168 e. The van der Waals surface area contributed by atoms with Crippen molar-refractivity contribution in [2.45, 2.75) is 13.1 Å². The molecule has 0 nitrogen and oxygen atoms in total. The number of hydrogen-bond acceptors (Lipinski definition) is 7. The van der Waals surface area contributed by atoms with Crippen LogP contribution in [-0.4, -0.2) is 34.8 Å². The maximum Gasteiger partial charge on any atom is 0.0968 e. The van der Waals surface area contributed by atoms with Gasteiger partial charge in [-0.15, -0.1) is 70.6 Å². The highest BCUT2D eigenvalue weighted by atomic mass is 32.3. The third kappa shape index (κ3) is 3.74. The highest BCUT2D eigenvalue weighted by Gasteiger charge is 2.32. The largest absolute Gasteiger partial charge is 0.168 e. The maximum atomic E-state index is 4.33. The molecule has 2 rings (SSSR count). The van der Waals surface area contributed by atoms with Crippen LogP contribution in [0.3, 0.4) is 0 Å². The highest BCUT2D eigenvalue weighted by Crippen LogP contribution is 2.53. The summed E-state index contributed by atoms with van der Waals surface area (Å²) in [5.41, 5.74) is 0. The van der Waals surface area contributed by atoms with Gasteiger partial charge in [0.05, 0.1) is 13.1 Å². The van der Waals surface area contributed by atoms with Crippen LogP contribution in [0, 0.1) is 0 Å². The Morgan fingerprint density at radius 2 is 1.93 bits per heavy atom. The standard InChI is InChI=1S/C7H12S7/c8-3-11-6(5-12-4-13-5)14-7-9-1-2-10-7/h5-8H,1-4H2. The first kappa shape index (κ1) is 12.9. The molecule has 2 heterocycles. The fraction of sp³-hybridized carbons (Fsp3) is 1.00. The molecule has 2 aliphatic rings. The van der Waals surface area contributed by atoms with Crippen LogP contribution in [-0.2, 0) is 0 Å². The monoisotopic (exact) mass is 320 g/mol. The Morgan fingerprint density at radius 3 is 2.43 bits per heavy atom. The fourth-order valence-corrected chi connectivity index (χ4v) is 11.1. The quantitative estimate of drug-likeness (QED) is 0.591. The molecule has 0 aromatic carbocycles. The van der Waals surface area contributed by atoms with Crippen molar-refractivity contribution in [3.63, 3.8) is 0 Å². The number of hydrogen-bond donors (Lipinski definition) is 1. The smallest absolute Gasteiger partial charge is 0.0968 e. The summed E-state index contributed by atoms with van der Waals surface area (Å²) < 4.78 is 2.35. The Morgan fingerprint density at radius 1 is 1.21 bits per heavy atom. The zero-order chi connectivity index (χ0) is 9.80. The van der Waals surface area contributed by atoms with E-state index < -0.39 is 0 Å². The summed E-state index contributed by atoms with van der Waals surface area (Å²) in [6.45, 7) is 0. The summed E-state index contributed by atoms with van der Waals surface area (Å²) in [6.07, 6.45) is 0. The highest BCUT2D eigenvalue weighted by molar-refractivity contribution is 8.39. The molecule has 1 atom stereocenters. The number of thioether (sulfide) groups is 6. The molecule has 0 saturated carbocycles. The van der Waals surface area contributed by atoms with Crippen LogP contribution in [0.15, 0.2) is 0 Å². The molecule has 0 aromatic heterocycles. The van der Waals surface area contributed by atoms with Gasteiger partial charge in [-0.2, -0.15) is 12.6 Å². The molecular weight excluding hydrogens is 309 g/mol. The number of thiol groups is 1. The van der Waals surface area contributed by atoms with E-state index in [0.29, 0.717) is 0 Å². The third-order valence-electron chi connectivity index (χ3n) is 1.76. The van der Waals surface area contributed by atoms with Crippen molar-refractivity contribution < 1.29 is 0 Å². The van der Waals surface area contributed by atoms with Gasteiger partial charge in [0.25, 0.3) is 0 Å². The molecule has 0 aliphatic carbocycles. The lowest BCUT2D eigenvalue weighted by atomic mass is 10.9. The molecule has 0 amide bonds. The lowest BCUT2D eigenvalue weighted by molar-refractivity contribution is 1.34. The summed E-state index contributed by atoms with van der Waals surface area (Å²) in [6, 6.07) is 0. The van der Waals surface area contributed by atoms with Gasteiger partial charge in [0.2, 0.25) is 0 Å². The lowest BCUT2D eigenvalue weighted by Crippen LogP contribution is -2.21. The minimum absolute atomic E-state index is 0.749. The normalized spacial score (nSPS) is 26.4. The molecule has 1 unspecified atom stereocenters. The summed E-state index contributed by atoms with van der Waals surface area (Å²) in [5, 5.41) is 2.25. The van der Waals surface area contributed by atoms with Gasteiger partial charge >= 0.3 is 0 Å². The zero-order valence-electron chi connectivity index (χ0n) is 7.46. The Balaban J connectivity index is 1.76. The van der Waals surface area contributed by atoms with Crippen molar-refractivity contribution in [1.29, 1.82) is 0 Å². The summed E-state index contributed by atoms with van der Waals surface area (Å²) in [4.78, 5) is 0. The lowest BCUT2D eigenvalue weighted by Gasteiger charge is -2.32. The zero-order valence-corrected chi connectivity index (χ0v) is 13.3. The van der Waals surface area contributed by atoms with Crippen LogP contribution in [0.4, 0.5) is 0 Å². The van der Waals surface area contributed by atoms with E-state index in [0.717, 1.165) is 18.2 Å². The molecule has 2 aliphatic heterocycles. The molecule has 2 saturated heterocycles. The van der Waals surface area contributed by atoms with Crippen LogP contribution in [0.1, 0.15) is 0 Å². The van der Waals surface area contributed by atoms with Gasteiger partial charge in [-0.3, -0.25) is 0 Å². The molecule has 14 heavy (non-hydrogen) atoms. The van der Waals surface area contributed by atoms with Gasteiger partial charge in [0.1, 0.15) is 0 Å². The molecule has 0 bridgehead atoms. The van der Waals surface area contributed by atoms with E-state index in [1.807, 2.05) is 11.8 Å². The van der Waals surface area contributed by atoms with Crippen molar-refractivity contribution in [3.8, 4) is 0 Å². The van der Waals surface area contributed by atoms with E-state index >= 15 is 0 Å². The summed E-state index contributed by atoms with van der Waals surface area (Å²) in [7, 11) is 0. The molecule has 0 aromatic rings. The van der Waals surface area contributed by atoms with Crippen LogP contribution >= 0.6 is 83.2 Å². The van der Waals surface area contributed by atoms with E-state index in [1.54, 1.807) is 0 Å². The van der Waals surface area contributed by atoms with Crippen molar-refractivity contribution in [2.24, 2.45) is 0 Å². The average Bonchev–Trinajstić information content (AvgIpc) is 2.54. The van der Waals surface area contributed by atoms with Crippen LogP contribution in [0.25, 0.3) is 0 Å². The van der Waals surface area contributed by atoms with Gasteiger partial charge in [-0.1, -0.05) is 0 Å². The molecule has 2 fully saturated rings. The van der Waals surface area contributed by atoms with Crippen molar-refractivity contribution >= 4 is 83.2 Å².